The van der Waals surface area contributed by atoms with E-state index in [1.165, 1.54) is 0 Å². The Labute approximate surface area is 185 Å². The number of nitrogens with zero attached hydrogens (tertiary/aromatic N) is 1. The zero-order chi connectivity index (χ0) is 22.1. The zero-order valence-electron chi connectivity index (χ0n) is 17.6. The Morgan fingerprint density at radius 3 is 1.72 bits per heavy atom. The monoisotopic (exact) mass is 514 g/mol. The summed E-state index contributed by atoms with van der Waals surface area (Å²) < 4.78 is 6.52. The Bertz CT molecular complexity index is 845. The van der Waals surface area contributed by atoms with Crippen molar-refractivity contribution >= 4 is 51.0 Å². The summed E-state index contributed by atoms with van der Waals surface area (Å²) in [4.78, 5) is 5.41. The van der Waals surface area contributed by atoms with E-state index in [-0.39, 0.29) is 0 Å². The Hall–Kier alpha value is -2.11. The van der Waals surface area contributed by atoms with Gasteiger partial charge in [-0.05, 0) is 88.4 Å². The maximum absolute atomic E-state index is 12.1. The smallest absolute Gasteiger partial charge is 0.182 e. The van der Waals surface area contributed by atoms with E-state index in [1.54, 1.807) is 39.0 Å². The van der Waals surface area contributed by atoms with E-state index in [4.69, 9.17) is 26.8 Å². The standard InChI is InChI=1S/C20H29IN5O3/c1-19(2,3)26(27)29-17-13(21)7-11(8-14(17)22)25-12-9-15(23)18(16(24)10-12)28-20(4,5)6/h7-10,25H,22-24H2,1-6H3/q-1. The van der Waals surface area contributed by atoms with Crippen molar-refractivity contribution in [1.82, 2.24) is 5.23 Å². The first-order chi connectivity index (χ1) is 13.2. The third-order valence-electron chi connectivity index (χ3n) is 3.64. The summed E-state index contributed by atoms with van der Waals surface area (Å²) in [5.41, 5.74) is 19.8. The summed E-state index contributed by atoms with van der Waals surface area (Å²) in [5.74, 6) is 0.771. The highest BCUT2D eigenvalue weighted by Crippen LogP contribution is 2.38. The van der Waals surface area contributed by atoms with Crippen molar-refractivity contribution in [2.24, 2.45) is 0 Å². The van der Waals surface area contributed by atoms with E-state index in [1.807, 2.05) is 26.8 Å². The lowest BCUT2D eigenvalue weighted by Gasteiger charge is -2.39. The molecule has 0 aliphatic carbocycles. The lowest BCUT2D eigenvalue weighted by molar-refractivity contribution is -0.0791. The number of nitrogen functional groups attached to an aromatic ring is 3. The molecule has 0 aliphatic rings. The van der Waals surface area contributed by atoms with E-state index >= 15 is 0 Å². The van der Waals surface area contributed by atoms with Crippen LogP contribution in [0.1, 0.15) is 41.5 Å². The summed E-state index contributed by atoms with van der Waals surface area (Å²) in [6, 6.07) is 6.97. The van der Waals surface area contributed by atoms with E-state index < -0.39 is 11.1 Å². The summed E-state index contributed by atoms with van der Waals surface area (Å²) in [5, 5.41) is 15.9. The molecule has 0 heterocycles. The molecule has 0 fully saturated rings. The Morgan fingerprint density at radius 1 is 0.862 bits per heavy atom. The summed E-state index contributed by atoms with van der Waals surface area (Å²) in [6.07, 6.45) is 0. The molecule has 2 rings (SSSR count). The largest absolute Gasteiger partial charge is 0.752 e. The summed E-state index contributed by atoms with van der Waals surface area (Å²) in [7, 11) is 0. The molecule has 0 saturated heterocycles. The molecule has 2 aromatic rings. The second-order valence-corrected chi connectivity index (χ2v) is 9.88. The van der Waals surface area contributed by atoms with E-state index in [0.29, 0.717) is 48.7 Å². The van der Waals surface area contributed by atoms with Crippen molar-refractivity contribution in [1.29, 1.82) is 0 Å². The SMILES string of the molecule is CC(C)(C)Oc1c(N)cc(Nc2cc(N)c(ON([O-])C(C)(C)C)c(I)c2)cc1N. The highest BCUT2D eigenvalue weighted by atomic mass is 127. The van der Waals surface area contributed by atoms with Crippen LogP contribution in [0.15, 0.2) is 24.3 Å². The predicted octanol–water partition coefficient (Wildman–Crippen LogP) is 4.85. The molecule has 0 spiro atoms. The molecule has 0 amide bonds. The molecule has 8 nitrogen and oxygen atoms in total. The molecule has 29 heavy (non-hydrogen) atoms. The van der Waals surface area contributed by atoms with Crippen LogP contribution in [0.3, 0.4) is 0 Å². The lowest BCUT2D eigenvalue weighted by atomic mass is 10.1. The van der Waals surface area contributed by atoms with Crippen molar-refractivity contribution in [2.45, 2.75) is 52.7 Å². The van der Waals surface area contributed by atoms with Gasteiger partial charge in [0.2, 0.25) is 0 Å². The molecule has 2 aromatic carbocycles. The Kier molecular flexibility index (Phi) is 6.65. The average molecular weight is 514 g/mol. The number of benzene rings is 2. The van der Waals surface area contributed by atoms with Crippen LogP contribution in [0.2, 0.25) is 0 Å². The lowest BCUT2D eigenvalue weighted by Crippen LogP contribution is -2.39. The molecule has 9 heteroatoms. The molecular weight excluding hydrogens is 485 g/mol. The third-order valence-corrected chi connectivity index (χ3v) is 4.44. The molecule has 0 aromatic heterocycles. The first kappa shape index (κ1) is 23.2. The number of hydrogen-bond donors (Lipinski definition) is 4. The van der Waals surface area contributed by atoms with Crippen LogP contribution in [0.5, 0.6) is 11.5 Å². The second-order valence-electron chi connectivity index (χ2n) is 8.72. The third kappa shape index (κ3) is 6.18. The van der Waals surface area contributed by atoms with Crippen LogP contribution < -0.4 is 32.1 Å². The van der Waals surface area contributed by atoms with Crippen molar-refractivity contribution in [3.63, 3.8) is 0 Å². The van der Waals surface area contributed by atoms with Crippen LogP contribution in [-0.2, 0) is 0 Å². The summed E-state index contributed by atoms with van der Waals surface area (Å²) >= 11 is 2.07. The van der Waals surface area contributed by atoms with Gasteiger partial charge < -0.3 is 37.3 Å². The van der Waals surface area contributed by atoms with Gasteiger partial charge in [0, 0.05) is 16.9 Å². The van der Waals surface area contributed by atoms with Gasteiger partial charge in [-0.15, -0.1) is 0 Å². The number of nitrogens with one attached hydrogen (secondary N) is 1. The van der Waals surface area contributed by atoms with Crippen molar-refractivity contribution in [3.05, 3.63) is 33.0 Å². The molecule has 7 N–H and O–H groups in total. The van der Waals surface area contributed by atoms with Crippen molar-refractivity contribution < 1.29 is 9.57 Å². The molecule has 0 aliphatic heterocycles. The molecule has 0 atom stereocenters. The van der Waals surface area contributed by atoms with Gasteiger partial charge in [-0.2, -0.15) is 0 Å². The Morgan fingerprint density at radius 2 is 1.31 bits per heavy atom. The highest BCUT2D eigenvalue weighted by molar-refractivity contribution is 14.1. The van der Waals surface area contributed by atoms with Gasteiger partial charge in [-0.25, -0.2) is 5.23 Å². The van der Waals surface area contributed by atoms with Crippen LogP contribution in [0.4, 0.5) is 28.4 Å². The predicted molar refractivity (Wildman–Crippen MR) is 128 cm³/mol. The topological polar surface area (TPSA) is 135 Å². The minimum absolute atomic E-state index is 0.314. The molecule has 0 bridgehead atoms. The van der Waals surface area contributed by atoms with Gasteiger partial charge in [-0.1, -0.05) is 0 Å². The number of ether oxygens (including phenoxy) is 1. The van der Waals surface area contributed by atoms with Crippen molar-refractivity contribution in [3.8, 4) is 11.5 Å². The quantitative estimate of drug-likeness (QED) is 0.253. The van der Waals surface area contributed by atoms with Crippen LogP contribution in [-0.4, -0.2) is 16.4 Å². The van der Waals surface area contributed by atoms with Gasteiger partial charge in [0.15, 0.2) is 11.5 Å². The molecule has 160 valence electrons. The zero-order valence-corrected chi connectivity index (χ0v) is 19.7. The highest BCUT2D eigenvalue weighted by Gasteiger charge is 2.19. The number of hydrogen-bond acceptors (Lipinski definition) is 8. The molecule has 0 saturated carbocycles. The van der Waals surface area contributed by atoms with Gasteiger partial charge in [-0.3, -0.25) is 0 Å². The number of nitrogens with two attached hydrogens (primary N) is 3. The second kappa shape index (κ2) is 8.33. The van der Waals surface area contributed by atoms with Gasteiger partial charge in [0.25, 0.3) is 0 Å². The normalized spacial score (nSPS) is 12.2. The van der Waals surface area contributed by atoms with E-state index in [9.17, 15) is 5.21 Å². The van der Waals surface area contributed by atoms with Crippen molar-refractivity contribution in [2.75, 3.05) is 22.5 Å². The van der Waals surface area contributed by atoms with Crippen LogP contribution in [0.25, 0.3) is 0 Å². The summed E-state index contributed by atoms with van der Waals surface area (Å²) in [6.45, 7) is 11.0. The number of anilines is 5. The number of halogens is 1. The number of hydroxylamine groups is 2. The Balaban J connectivity index is 2.27. The first-order valence-electron chi connectivity index (χ1n) is 9.07. The fraction of sp³-hybridized carbons (Fsp3) is 0.400. The maximum atomic E-state index is 12.1. The van der Waals surface area contributed by atoms with E-state index in [0.717, 1.165) is 0 Å². The fourth-order valence-electron chi connectivity index (χ4n) is 2.34. The minimum Gasteiger partial charge on any atom is -0.752 e. The first-order valence-corrected chi connectivity index (χ1v) is 10.1. The molecular formula is C20H29IN5O3-. The van der Waals surface area contributed by atoms with Gasteiger partial charge in [0.1, 0.15) is 5.60 Å². The minimum atomic E-state index is -0.710. The maximum Gasteiger partial charge on any atom is 0.182 e. The fourth-order valence-corrected chi connectivity index (χ4v) is 3.09. The molecule has 0 unspecified atom stereocenters. The van der Waals surface area contributed by atoms with Gasteiger partial charge >= 0.3 is 0 Å². The van der Waals surface area contributed by atoms with Crippen LogP contribution >= 0.6 is 22.6 Å². The molecule has 0 radical (unpaired) electrons. The van der Waals surface area contributed by atoms with E-state index in [2.05, 4.69) is 27.9 Å². The van der Waals surface area contributed by atoms with Gasteiger partial charge in [0.05, 0.1) is 20.6 Å². The van der Waals surface area contributed by atoms with Crippen LogP contribution in [0, 0.1) is 8.78 Å². The number of rotatable bonds is 5. The average Bonchev–Trinajstić information content (AvgIpc) is 2.52.